The van der Waals surface area contributed by atoms with Gasteiger partial charge in [0.1, 0.15) is 6.04 Å². The van der Waals surface area contributed by atoms with Gasteiger partial charge in [0.25, 0.3) is 0 Å². The number of benzene rings is 2. The van der Waals surface area contributed by atoms with Gasteiger partial charge in [0, 0.05) is 23.9 Å². The predicted molar refractivity (Wildman–Crippen MR) is 121 cm³/mol. The second-order valence-corrected chi connectivity index (χ2v) is 8.81. The van der Waals surface area contributed by atoms with Crippen molar-refractivity contribution in [3.63, 3.8) is 0 Å². The molecular formula is C26H26N2O4. The number of carbonyl (C=O) groups excluding carboxylic acids is 3. The second-order valence-electron chi connectivity index (χ2n) is 8.81. The topological polar surface area (TPSA) is 66.9 Å². The normalized spacial score (nSPS) is 26.0. The van der Waals surface area contributed by atoms with E-state index in [9.17, 15) is 14.4 Å². The maximum atomic E-state index is 13.9. The van der Waals surface area contributed by atoms with Gasteiger partial charge >= 0.3 is 0 Å². The van der Waals surface area contributed by atoms with Crippen LogP contribution < -0.4 is 4.90 Å². The average Bonchev–Trinajstić information content (AvgIpc) is 3.25. The van der Waals surface area contributed by atoms with Crippen molar-refractivity contribution in [2.24, 2.45) is 11.8 Å². The quantitative estimate of drug-likeness (QED) is 0.539. The van der Waals surface area contributed by atoms with Crippen LogP contribution in [0.25, 0.3) is 5.57 Å². The lowest BCUT2D eigenvalue weighted by Gasteiger charge is -2.38. The number of ether oxygens (including phenoxy) is 1. The minimum Gasteiger partial charge on any atom is -0.383 e. The number of carbonyl (C=O) groups is 3. The van der Waals surface area contributed by atoms with Crippen LogP contribution in [0.1, 0.15) is 28.4 Å². The van der Waals surface area contributed by atoms with Crippen molar-refractivity contribution in [2.45, 2.75) is 25.9 Å². The molecule has 5 rings (SSSR count). The third-order valence-corrected chi connectivity index (χ3v) is 6.97. The molecule has 2 aromatic carbocycles. The van der Waals surface area contributed by atoms with Gasteiger partial charge < -0.3 is 9.64 Å². The maximum Gasteiger partial charge on any atom is 0.235 e. The van der Waals surface area contributed by atoms with E-state index in [1.807, 2.05) is 61.2 Å². The van der Waals surface area contributed by atoms with E-state index in [2.05, 4.69) is 0 Å². The highest BCUT2D eigenvalue weighted by Gasteiger charge is 2.64. The number of hydrogen-bond acceptors (Lipinski definition) is 5. The van der Waals surface area contributed by atoms with Crippen molar-refractivity contribution in [1.82, 2.24) is 4.90 Å². The molecule has 6 nitrogen and oxygen atoms in total. The second kappa shape index (κ2) is 7.71. The highest BCUT2D eigenvalue weighted by molar-refractivity contribution is 6.14. The molecule has 0 bridgehead atoms. The molecule has 0 unspecified atom stereocenters. The lowest BCUT2D eigenvalue weighted by atomic mass is 9.85. The number of rotatable bonds is 5. The Labute approximate surface area is 187 Å². The highest BCUT2D eigenvalue weighted by atomic mass is 16.5. The molecule has 0 aliphatic carbocycles. The molecule has 32 heavy (non-hydrogen) atoms. The fourth-order valence-electron chi connectivity index (χ4n) is 5.45. The molecule has 3 aliphatic heterocycles. The SMILES string of the molecule is COCCN1C(=O)[C@H]2[C@H](C1=O)[C@@H](C(=O)c1ccc(C)cc1)N1c3ccccc3C(C)=C[C@H]21. The summed E-state index contributed by atoms with van der Waals surface area (Å²) in [5.41, 5.74) is 4.60. The molecule has 3 heterocycles. The van der Waals surface area contributed by atoms with E-state index in [0.717, 1.165) is 22.4 Å². The number of anilines is 1. The van der Waals surface area contributed by atoms with Crippen molar-refractivity contribution in [2.75, 3.05) is 25.2 Å². The minimum absolute atomic E-state index is 0.125. The summed E-state index contributed by atoms with van der Waals surface area (Å²) < 4.78 is 5.11. The number of amides is 2. The number of likely N-dealkylation sites (tertiary alicyclic amines) is 1. The molecule has 2 aromatic rings. The van der Waals surface area contributed by atoms with E-state index in [-0.39, 0.29) is 36.8 Å². The van der Waals surface area contributed by atoms with Crippen LogP contribution in [0.5, 0.6) is 0 Å². The molecule has 0 saturated carbocycles. The summed E-state index contributed by atoms with van der Waals surface area (Å²) in [7, 11) is 1.54. The van der Waals surface area contributed by atoms with Gasteiger partial charge in [-0.1, -0.05) is 54.1 Å². The predicted octanol–water partition coefficient (Wildman–Crippen LogP) is 3.10. The van der Waals surface area contributed by atoms with Crippen molar-refractivity contribution in [1.29, 1.82) is 0 Å². The average molecular weight is 431 g/mol. The van der Waals surface area contributed by atoms with Crippen molar-refractivity contribution < 1.29 is 19.1 Å². The third-order valence-electron chi connectivity index (χ3n) is 6.97. The number of methoxy groups -OCH3 is 1. The summed E-state index contributed by atoms with van der Waals surface area (Å²) >= 11 is 0. The third kappa shape index (κ3) is 2.93. The molecule has 0 aromatic heterocycles. The Hall–Kier alpha value is -3.25. The largest absolute Gasteiger partial charge is 0.383 e. The summed E-state index contributed by atoms with van der Waals surface area (Å²) in [5.74, 6) is -1.91. The van der Waals surface area contributed by atoms with Crippen LogP contribution in [-0.4, -0.2) is 54.8 Å². The summed E-state index contributed by atoms with van der Waals surface area (Å²) in [6.07, 6.45) is 2.05. The molecule has 2 saturated heterocycles. The van der Waals surface area contributed by atoms with Crippen LogP contribution in [0.4, 0.5) is 5.69 Å². The van der Waals surface area contributed by atoms with Gasteiger partial charge in [0.2, 0.25) is 11.8 Å². The summed E-state index contributed by atoms with van der Waals surface area (Å²) in [6, 6.07) is 14.2. The maximum absolute atomic E-state index is 13.9. The Morgan fingerprint density at radius 3 is 2.38 bits per heavy atom. The fraction of sp³-hybridized carbons (Fsp3) is 0.346. The number of imide groups is 1. The molecule has 0 spiro atoms. The Kier molecular flexibility index (Phi) is 4.97. The number of nitrogens with zero attached hydrogens (tertiary/aromatic N) is 2. The first-order valence-electron chi connectivity index (χ1n) is 10.9. The standard InChI is InChI=1S/C26H26N2O4/c1-15-8-10-17(11-9-15)24(29)23-22-21(25(30)27(26(22)31)12-13-32-3)20-14-16(2)18-6-4-5-7-19(18)28(20)23/h4-11,14,20-23H,12-13H2,1-3H3/t20-,21-,22+,23+/m1/s1. The van der Waals surface area contributed by atoms with E-state index >= 15 is 0 Å². The lowest BCUT2D eigenvalue weighted by molar-refractivity contribution is -0.141. The zero-order valence-electron chi connectivity index (χ0n) is 18.4. The highest BCUT2D eigenvalue weighted by Crippen LogP contribution is 2.50. The van der Waals surface area contributed by atoms with Gasteiger partial charge in [-0.3, -0.25) is 19.3 Å². The van der Waals surface area contributed by atoms with Crippen LogP contribution in [0.3, 0.4) is 0 Å². The number of fused-ring (bicyclic) bond motifs is 5. The number of ketones is 1. The Balaban J connectivity index is 1.64. The Morgan fingerprint density at radius 2 is 1.66 bits per heavy atom. The van der Waals surface area contributed by atoms with Gasteiger partial charge in [-0.15, -0.1) is 0 Å². The molecule has 0 N–H and O–H groups in total. The molecule has 164 valence electrons. The van der Waals surface area contributed by atoms with Crippen LogP contribution in [-0.2, 0) is 14.3 Å². The molecule has 4 atom stereocenters. The van der Waals surface area contributed by atoms with Crippen LogP contribution in [0.2, 0.25) is 0 Å². The lowest BCUT2D eigenvalue weighted by Crippen LogP contribution is -2.49. The fourth-order valence-corrected chi connectivity index (χ4v) is 5.45. The number of hydrogen-bond donors (Lipinski definition) is 0. The van der Waals surface area contributed by atoms with Crippen molar-refractivity contribution >= 4 is 28.9 Å². The monoisotopic (exact) mass is 430 g/mol. The summed E-state index contributed by atoms with van der Waals surface area (Å²) in [6.45, 7) is 4.47. The molecule has 3 aliphatic rings. The van der Waals surface area contributed by atoms with Gasteiger partial charge in [-0.05, 0) is 25.5 Å². The minimum atomic E-state index is -0.734. The van der Waals surface area contributed by atoms with E-state index < -0.39 is 17.9 Å². The van der Waals surface area contributed by atoms with Crippen LogP contribution in [0, 0.1) is 18.8 Å². The summed E-state index contributed by atoms with van der Waals surface area (Å²) in [4.78, 5) is 44.1. The first kappa shape index (κ1) is 20.6. The summed E-state index contributed by atoms with van der Waals surface area (Å²) in [5, 5.41) is 0. The zero-order valence-corrected chi connectivity index (χ0v) is 18.4. The Bertz CT molecular complexity index is 1140. The molecule has 2 amide bonds. The van der Waals surface area contributed by atoms with E-state index in [1.54, 1.807) is 19.2 Å². The number of para-hydroxylation sites is 1. The van der Waals surface area contributed by atoms with Crippen LogP contribution in [0.15, 0.2) is 54.6 Å². The molecule has 6 heteroatoms. The van der Waals surface area contributed by atoms with E-state index in [1.165, 1.54) is 4.90 Å². The molecular weight excluding hydrogens is 404 g/mol. The zero-order chi connectivity index (χ0) is 22.6. The molecule has 0 radical (unpaired) electrons. The molecule has 2 fully saturated rings. The van der Waals surface area contributed by atoms with Crippen molar-refractivity contribution in [3.05, 3.63) is 71.3 Å². The number of allylic oxidation sites excluding steroid dienone is 1. The smallest absolute Gasteiger partial charge is 0.235 e. The first-order valence-corrected chi connectivity index (χ1v) is 10.9. The number of Topliss-reactive ketones (excluding diaryl/α,β-unsaturated/α-hetero) is 1. The number of aryl methyl sites for hydroxylation is 1. The van der Waals surface area contributed by atoms with Crippen molar-refractivity contribution in [3.8, 4) is 0 Å². The van der Waals surface area contributed by atoms with E-state index in [4.69, 9.17) is 4.74 Å². The van der Waals surface area contributed by atoms with Crippen LogP contribution >= 0.6 is 0 Å². The Morgan fingerprint density at radius 1 is 0.969 bits per heavy atom. The first-order chi connectivity index (χ1) is 15.4. The van der Waals surface area contributed by atoms with Gasteiger partial charge in [0.15, 0.2) is 5.78 Å². The van der Waals surface area contributed by atoms with E-state index in [0.29, 0.717) is 5.56 Å². The van der Waals surface area contributed by atoms with Gasteiger partial charge in [0.05, 0.1) is 31.0 Å². The van der Waals surface area contributed by atoms with Gasteiger partial charge in [-0.25, -0.2) is 0 Å². The van der Waals surface area contributed by atoms with Gasteiger partial charge in [-0.2, -0.15) is 0 Å².